The molecule has 42 heavy (non-hydrogen) atoms. The molecule has 6 rings (SSSR count). The van der Waals surface area contributed by atoms with Crippen molar-refractivity contribution in [3.05, 3.63) is 98.5 Å². The lowest BCUT2D eigenvalue weighted by molar-refractivity contribution is -0.122. The number of phenolic OH excluding ortho intramolecular Hbond substituents is 1. The summed E-state index contributed by atoms with van der Waals surface area (Å²) in [5, 5.41) is 12.0. The Hall–Kier alpha value is -4.35. The molecule has 214 valence electrons. The largest absolute Gasteiger partial charge is 0.508 e. The summed E-state index contributed by atoms with van der Waals surface area (Å²) in [7, 11) is 3.88. The Morgan fingerprint density at radius 1 is 0.929 bits per heavy atom. The highest BCUT2D eigenvalue weighted by Gasteiger charge is 2.56. The summed E-state index contributed by atoms with van der Waals surface area (Å²) in [6.07, 6.45) is 0. The highest BCUT2D eigenvalue weighted by atomic mass is 32.2. The van der Waals surface area contributed by atoms with Crippen LogP contribution in [0.3, 0.4) is 0 Å². The number of rotatable bonds is 6. The second-order valence-corrected chi connectivity index (χ2v) is 12.7. The summed E-state index contributed by atoms with van der Waals surface area (Å²) < 4.78 is 1.39. The summed E-state index contributed by atoms with van der Waals surface area (Å²) in [5.41, 5.74) is 3.81. The lowest BCUT2D eigenvalue weighted by Gasteiger charge is -2.31. The number of nitrogens with zero attached hydrogens (tertiary/aromatic N) is 3. The molecule has 2 aliphatic rings. The quantitative estimate of drug-likeness (QED) is 0.249. The van der Waals surface area contributed by atoms with E-state index in [1.54, 1.807) is 24.3 Å². The third-order valence-electron chi connectivity index (χ3n) is 7.56. The number of hydrogen-bond acceptors (Lipinski definition) is 8. The number of carbonyl (C=O) groups is 3. The predicted octanol–water partition coefficient (Wildman–Crippen LogP) is 4.42. The standard InChI is InChI=1S/C31H28N4O5S2/c1-17-4-10-21(11-5-17)35-28(38)25-24(18-6-12-20(13-7-18)33(2)3)27-30(41-26(25)29(35)39)34(31(40)42-27)16-23(37)32-19-8-14-22(36)15-9-19/h4-15,24-26,36H,16H2,1-3H3,(H,32,37)/t24-,25-,26+/m0/s1. The van der Waals surface area contributed by atoms with Gasteiger partial charge in [-0.3, -0.25) is 23.7 Å². The monoisotopic (exact) mass is 600 g/mol. The summed E-state index contributed by atoms with van der Waals surface area (Å²) in [6, 6.07) is 21.1. The number of nitrogens with one attached hydrogen (secondary N) is 1. The molecule has 1 fully saturated rings. The van der Waals surface area contributed by atoms with Gasteiger partial charge in [0.25, 0.3) is 0 Å². The van der Waals surface area contributed by atoms with E-state index in [0.717, 1.165) is 28.2 Å². The van der Waals surface area contributed by atoms with E-state index in [1.807, 2.05) is 62.3 Å². The number of aromatic nitrogens is 1. The van der Waals surface area contributed by atoms with E-state index in [9.17, 15) is 24.3 Å². The highest BCUT2D eigenvalue weighted by molar-refractivity contribution is 8.00. The SMILES string of the molecule is Cc1ccc(N2C(=O)[C@H]3[C@H](c4ccc(N(C)C)cc4)c4sc(=O)n(CC(=O)Nc5ccc(O)cc5)c4S[C@H]3C2=O)cc1. The lowest BCUT2D eigenvalue weighted by atomic mass is 9.83. The maximum atomic E-state index is 14.0. The molecule has 3 aromatic carbocycles. The molecular formula is C31H28N4O5S2. The zero-order valence-corrected chi connectivity index (χ0v) is 24.7. The van der Waals surface area contributed by atoms with Crippen LogP contribution in [0.25, 0.3) is 0 Å². The first-order valence-electron chi connectivity index (χ1n) is 13.3. The van der Waals surface area contributed by atoms with Crippen molar-refractivity contribution in [3.8, 4) is 5.75 Å². The molecule has 4 aromatic rings. The van der Waals surface area contributed by atoms with E-state index in [1.165, 1.54) is 33.4 Å². The van der Waals surface area contributed by atoms with Gasteiger partial charge in [0.1, 0.15) is 17.5 Å². The molecule has 0 spiro atoms. The Morgan fingerprint density at radius 2 is 1.60 bits per heavy atom. The van der Waals surface area contributed by atoms with E-state index in [2.05, 4.69) is 5.32 Å². The number of imide groups is 1. The summed E-state index contributed by atoms with van der Waals surface area (Å²) in [5.74, 6) is -2.23. The van der Waals surface area contributed by atoms with E-state index >= 15 is 0 Å². The van der Waals surface area contributed by atoms with Crippen LogP contribution in [0, 0.1) is 12.8 Å². The molecule has 1 saturated heterocycles. The van der Waals surface area contributed by atoms with E-state index in [4.69, 9.17) is 0 Å². The van der Waals surface area contributed by atoms with Crippen LogP contribution in [0.1, 0.15) is 21.9 Å². The third kappa shape index (κ3) is 4.88. The van der Waals surface area contributed by atoms with Gasteiger partial charge in [-0.05, 0) is 61.0 Å². The molecule has 0 saturated carbocycles. The number of benzene rings is 3. The second kappa shape index (κ2) is 10.8. The summed E-state index contributed by atoms with van der Waals surface area (Å²) in [6.45, 7) is 1.68. The fourth-order valence-electron chi connectivity index (χ4n) is 5.43. The van der Waals surface area contributed by atoms with Crippen LogP contribution in [-0.4, -0.2) is 46.7 Å². The normalized spacial score (nSPS) is 19.4. The molecule has 1 aromatic heterocycles. The van der Waals surface area contributed by atoms with Gasteiger partial charge in [-0.2, -0.15) is 0 Å². The molecule has 0 bridgehead atoms. The number of aryl methyl sites for hydroxylation is 1. The first-order chi connectivity index (χ1) is 20.1. The molecule has 3 atom stereocenters. The molecule has 11 heteroatoms. The molecule has 3 amide bonds. The van der Waals surface area contributed by atoms with Gasteiger partial charge >= 0.3 is 4.87 Å². The van der Waals surface area contributed by atoms with Crippen LogP contribution in [-0.2, 0) is 20.9 Å². The molecule has 2 N–H and O–H groups in total. The molecule has 2 aliphatic heterocycles. The number of aromatic hydroxyl groups is 1. The molecule has 0 aliphatic carbocycles. The van der Waals surface area contributed by atoms with Crippen molar-refractivity contribution in [2.45, 2.75) is 29.7 Å². The van der Waals surface area contributed by atoms with Crippen molar-refractivity contribution in [2.24, 2.45) is 5.92 Å². The van der Waals surface area contributed by atoms with Gasteiger partial charge < -0.3 is 15.3 Å². The molecular weight excluding hydrogens is 572 g/mol. The van der Waals surface area contributed by atoms with Crippen LogP contribution in [0.15, 0.2) is 82.6 Å². The number of anilines is 3. The maximum Gasteiger partial charge on any atom is 0.308 e. The Labute approximate surface area is 250 Å². The second-order valence-electron chi connectivity index (χ2n) is 10.6. The van der Waals surface area contributed by atoms with Crippen molar-refractivity contribution < 1.29 is 19.5 Å². The molecule has 0 radical (unpaired) electrons. The lowest BCUT2D eigenvalue weighted by Crippen LogP contribution is -2.33. The van der Waals surface area contributed by atoms with E-state index in [0.29, 0.717) is 21.3 Å². The van der Waals surface area contributed by atoms with Gasteiger partial charge in [0.2, 0.25) is 17.7 Å². The Morgan fingerprint density at radius 3 is 2.24 bits per heavy atom. The van der Waals surface area contributed by atoms with Gasteiger partial charge in [0, 0.05) is 36.3 Å². The van der Waals surface area contributed by atoms with Crippen molar-refractivity contribution in [2.75, 3.05) is 29.2 Å². The van der Waals surface area contributed by atoms with Crippen molar-refractivity contribution in [1.29, 1.82) is 0 Å². The number of amides is 3. The topological polar surface area (TPSA) is 112 Å². The van der Waals surface area contributed by atoms with E-state index in [-0.39, 0.29) is 29.0 Å². The smallest absolute Gasteiger partial charge is 0.308 e. The van der Waals surface area contributed by atoms with Crippen LogP contribution in [0.5, 0.6) is 5.75 Å². The number of fused-ring (bicyclic) bond motifs is 2. The number of phenols is 1. The third-order valence-corrected chi connectivity index (χ3v) is 10.2. The van der Waals surface area contributed by atoms with Gasteiger partial charge in [-0.1, -0.05) is 52.9 Å². The van der Waals surface area contributed by atoms with E-state index < -0.39 is 23.0 Å². The van der Waals surface area contributed by atoms with Gasteiger partial charge in [0.15, 0.2) is 0 Å². The minimum absolute atomic E-state index is 0.0715. The zero-order valence-electron chi connectivity index (χ0n) is 23.1. The Kier molecular flexibility index (Phi) is 7.15. The van der Waals surface area contributed by atoms with Crippen LogP contribution < -0.4 is 20.0 Å². The highest BCUT2D eigenvalue weighted by Crippen LogP contribution is 2.54. The van der Waals surface area contributed by atoms with Crippen LogP contribution in [0.2, 0.25) is 0 Å². The van der Waals surface area contributed by atoms with Gasteiger partial charge in [-0.25, -0.2) is 4.90 Å². The molecule has 0 unspecified atom stereocenters. The van der Waals surface area contributed by atoms with Crippen LogP contribution in [0.4, 0.5) is 17.1 Å². The fraction of sp³-hybridized carbons (Fsp3) is 0.226. The number of thiazole rings is 1. The number of hydrogen-bond donors (Lipinski definition) is 2. The minimum Gasteiger partial charge on any atom is -0.508 e. The Bertz CT molecular complexity index is 1740. The fourth-order valence-corrected chi connectivity index (χ4v) is 8.20. The van der Waals surface area contributed by atoms with Crippen molar-refractivity contribution in [1.82, 2.24) is 4.57 Å². The van der Waals surface area contributed by atoms with Crippen LogP contribution >= 0.6 is 23.1 Å². The average Bonchev–Trinajstić information content (AvgIpc) is 3.41. The number of carbonyl (C=O) groups excluding carboxylic acids is 3. The van der Waals surface area contributed by atoms with Gasteiger partial charge in [-0.15, -0.1) is 0 Å². The minimum atomic E-state index is -0.759. The van der Waals surface area contributed by atoms with Crippen molar-refractivity contribution in [3.63, 3.8) is 0 Å². The summed E-state index contributed by atoms with van der Waals surface area (Å²) in [4.78, 5) is 57.8. The maximum absolute atomic E-state index is 14.0. The average molecular weight is 601 g/mol. The first-order valence-corrected chi connectivity index (χ1v) is 15.0. The zero-order chi connectivity index (χ0) is 29.7. The number of thioether (sulfide) groups is 1. The Balaban J connectivity index is 1.41. The molecule has 9 nitrogen and oxygen atoms in total. The predicted molar refractivity (Wildman–Crippen MR) is 165 cm³/mol. The van der Waals surface area contributed by atoms with Gasteiger partial charge in [0.05, 0.1) is 16.6 Å². The van der Waals surface area contributed by atoms with Crippen molar-refractivity contribution >= 4 is 57.9 Å². The summed E-state index contributed by atoms with van der Waals surface area (Å²) >= 11 is 2.20. The molecule has 3 heterocycles. The first kappa shape index (κ1) is 27.8.